The van der Waals surface area contributed by atoms with E-state index in [0.29, 0.717) is 10.8 Å². The van der Waals surface area contributed by atoms with Crippen molar-refractivity contribution in [3.63, 3.8) is 0 Å². The van der Waals surface area contributed by atoms with E-state index in [1.165, 1.54) is 0 Å². The van der Waals surface area contributed by atoms with Crippen molar-refractivity contribution in [3.05, 3.63) is 28.8 Å². The Labute approximate surface area is 134 Å². The maximum Gasteiger partial charge on any atom is 0.137 e. The zero-order valence-corrected chi connectivity index (χ0v) is 14.4. The molecule has 1 N–H and O–H groups in total. The Bertz CT molecular complexity index is 406. The molecule has 0 saturated carbocycles. The van der Waals surface area contributed by atoms with Gasteiger partial charge in [-0.3, -0.25) is 0 Å². The van der Waals surface area contributed by atoms with Gasteiger partial charge in [-0.2, -0.15) is 0 Å². The monoisotopic (exact) mass is 313 g/mol. The molecule has 1 aromatic rings. The number of hydrogen-bond donors (Lipinski definition) is 1. The Balaban J connectivity index is 3.03. The number of halogens is 1. The van der Waals surface area contributed by atoms with Crippen LogP contribution in [0.25, 0.3) is 0 Å². The third kappa shape index (κ3) is 5.50. The van der Waals surface area contributed by atoms with Crippen molar-refractivity contribution < 1.29 is 9.47 Å². The first-order chi connectivity index (χ1) is 10.2. The van der Waals surface area contributed by atoms with Crippen LogP contribution in [0.2, 0.25) is 5.02 Å². The fraction of sp³-hybridized carbons (Fsp3) is 0.647. The second-order valence-corrected chi connectivity index (χ2v) is 5.52. The van der Waals surface area contributed by atoms with Crippen molar-refractivity contribution in [3.8, 4) is 5.75 Å². The summed E-state index contributed by atoms with van der Waals surface area (Å²) in [5.41, 5.74) is 1.16. The summed E-state index contributed by atoms with van der Waals surface area (Å²) in [4.78, 5) is 0. The topological polar surface area (TPSA) is 30.5 Å². The van der Waals surface area contributed by atoms with E-state index in [0.717, 1.165) is 38.0 Å². The Morgan fingerprint density at radius 3 is 2.52 bits per heavy atom. The molecule has 0 aliphatic rings. The van der Waals surface area contributed by atoms with E-state index in [-0.39, 0.29) is 12.1 Å². The molecule has 1 rings (SSSR count). The highest BCUT2D eigenvalue weighted by atomic mass is 35.5. The molecule has 0 spiro atoms. The average molecular weight is 314 g/mol. The smallest absolute Gasteiger partial charge is 0.137 e. The Morgan fingerprint density at radius 2 is 1.95 bits per heavy atom. The molecule has 3 nitrogen and oxygen atoms in total. The summed E-state index contributed by atoms with van der Waals surface area (Å²) in [7, 11) is 1.64. The summed E-state index contributed by atoms with van der Waals surface area (Å²) < 4.78 is 11.3. The lowest BCUT2D eigenvalue weighted by Gasteiger charge is -2.28. The quantitative estimate of drug-likeness (QED) is 0.685. The van der Waals surface area contributed by atoms with Crippen LogP contribution < -0.4 is 10.1 Å². The van der Waals surface area contributed by atoms with E-state index in [1.54, 1.807) is 7.11 Å². The van der Waals surface area contributed by atoms with E-state index in [9.17, 15) is 0 Å². The van der Waals surface area contributed by atoms with Crippen molar-refractivity contribution in [1.82, 2.24) is 5.32 Å². The summed E-state index contributed by atoms with van der Waals surface area (Å²) in [5.74, 6) is 0.712. The number of benzene rings is 1. The summed E-state index contributed by atoms with van der Waals surface area (Å²) >= 11 is 6.13. The van der Waals surface area contributed by atoms with Crippen LogP contribution in [0.1, 0.15) is 51.6 Å². The van der Waals surface area contributed by atoms with Gasteiger partial charge in [0.05, 0.1) is 24.3 Å². The van der Waals surface area contributed by atoms with Crippen LogP contribution in [-0.2, 0) is 4.74 Å². The molecule has 2 unspecified atom stereocenters. The molecule has 0 aliphatic heterocycles. The van der Waals surface area contributed by atoms with Gasteiger partial charge in [0.1, 0.15) is 5.75 Å². The average Bonchev–Trinajstić information content (AvgIpc) is 2.49. The minimum atomic E-state index is 0.163. The van der Waals surface area contributed by atoms with Crippen LogP contribution in [0.3, 0.4) is 0 Å². The molecule has 0 fully saturated rings. The third-order valence-corrected chi connectivity index (χ3v) is 3.79. The molecule has 2 atom stereocenters. The first kappa shape index (κ1) is 18.3. The molecule has 0 amide bonds. The second kappa shape index (κ2) is 10.0. The van der Waals surface area contributed by atoms with E-state index < -0.39 is 0 Å². The standard InChI is InChI=1S/C17H28ClNO2/c1-5-8-15(21-7-3)17(19-11-6-2)13-9-10-14(18)16(12-13)20-4/h9-10,12,15,17,19H,5-8,11H2,1-4H3. The van der Waals surface area contributed by atoms with E-state index in [2.05, 4.69) is 25.2 Å². The van der Waals surface area contributed by atoms with Crippen molar-refractivity contribution >= 4 is 11.6 Å². The van der Waals surface area contributed by atoms with E-state index in [4.69, 9.17) is 21.1 Å². The molecule has 1 aromatic carbocycles. The number of hydrogen-bond acceptors (Lipinski definition) is 3. The third-order valence-electron chi connectivity index (χ3n) is 3.47. The number of rotatable bonds is 10. The van der Waals surface area contributed by atoms with Crippen molar-refractivity contribution in [2.24, 2.45) is 0 Å². The fourth-order valence-electron chi connectivity index (χ4n) is 2.48. The lowest BCUT2D eigenvalue weighted by molar-refractivity contribution is 0.0276. The second-order valence-electron chi connectivity index (χ2n) is 5.11. The van der Waals surface area contributed by atoms with Gasteiger partial charge >= 0.3 is 0 Å². The largest absolute Gasteiger partial charge is 0.495 e. The molecular weight excluding hydrogens is 286 g/mol. The summed E-state index contributed by atoms with van der Waals surface area (Å²) in [6.07, 6.45) is 3.38. The van der Waals surface area contributed by atoms with E-state index >= 15 is 0 Å². The van der Waals surface area contributed by atoms with Crippen LogP contribution in [0.4, 0.5) is 0 Å². The zero-order valence-electron chi connectivity index (χ0n) is 13.6. The summed E-state index contributed by atoms with van der Waals surface area (Å²) in [6.45, 7) is 8.08. The maximum atomic E-state index is 6.13. The first-order valence-corrected chi connectivity index (χ1v) is 8.24. The zero-order chi connectivity index (χ0) is 15.7. The van der Waals surface area contributed by atoms with Gasteiger partial charge in [0.25, 0.3) is 0 Å². The normalized spacial score (nSPS) is 14.0. The molecule has 0 radical (unpaired) electrons. The van der Waals surface area contributed by atoms with Crippen LogP contribution in [0, 0.1) is 0 Å². The fourth-order valence-corrected chi connectivity index (χ4v) is 2.67. The van der Waals surface area contributed by atoms with Crippen LogP contribution in [0.15, 0.2) is 18.2 Å². The molecule has 0 heterocycles. The molecule has 4 heteroatoms. The Kier molecular flexibility index (Phi) is 8.74. The van der Waals surface area contributed by atoms with Gasteiger partial charge in [-0.25, -0.2) is 0 Å². The number of nitrogens with one attached hydrogen (secondary N) is 1. The highest BCUT2D eigenvalue weighted by Gasteiger charge is 2.23. The minimum absolute atomic E-state index is 0.163. The number of ether oxygens (including phenoxy) is 2. The van der Waals surface area contributed by atoms with Gasteiger partial charge in [-0.15, -0.1) is 0 Å². The van der Waals surface area contributed by atoms with Crippen LogP contribution in [0.5, 0.6) is 5.75 Å². The molecule has 0 saturated heterocycles. The summed E-state index contributed by atoms with van der Waals surface area (Å²) in [6, 6.07) is 6.12. The van der Waals surface area contributed by atoms with Gasteiger partial charge < -0.3 is 14.8 Å². The molecule has 0 aromatic heterocycles. The predicted octanol–water partition coefficient (Wildman–Crippen LogP) is 4.59. The Hall–Kier alpha value is -0.770. The first-order valence-electron chi connectivity index (χ1n) is 7.86. The van der Waals surface area contributed by atoms with Crippen molar-refractivity contribution in [2.45, 2.75) is 52.2 Å². The number of methoxy groups -OCH3 is 1. The van der Waals surface area contributed by atoms with Gasteiger partial charge in [0.15, 0.2) is 0 Å². The van der Waals surface area contributed by atoms with E-state index in [1.807, 2.05) is 19.1 Å². The predicted molar refractivity (Wildman–Crippen MR) is 89.4 cm³/mol. The molecule has 0 aliphatic carbocycles. The van der Waals surface area contributed by atoms with Crippen LogP contribution >= 0.6 is 11.6 Å². The van der Waals surface area contributed by atoms with Gasteiger partial charge in [-0.1, -0.05) is 37.9 Å². The summed E-state index contributed by atoms with van der Waals surface area (Å²) in [5, 5.41) is 4.24. The highest BCUT2D eigenvalue weighted by molar-refractivity contribution is 6.32. The molecule has 0 bridgehead atoms. The molecular formula is C17H28ClNO2. The minimum Gasteiger partial charge on any atom is -0.495 e. The lowest BCUT2D eigenvalue weighted by Crippen LogP contribution is -2.34. The maximum absolute atomic E-state index is 6.13. The van der Waals surface area contributed by atoms with Gasteiger partial charge in [0.2, 0.25) is 0 Å². The lowest BCUT2D eigenvalue weighted by atomic mass is 9.97. The molecule has 120 valence electrons. The Morgan fingerprint density at radius 1 is 1.19 bits per heavy atom. The van der Waals surface area contributed by atoms with Crippen molar-refractivity contribution in [1.29, 1.82) is 0 Å². The van der Waals surface area contributed by atoms with Crippen LogP contribution in [-0.4, -0.2) is 26.4 Å². The van der Waals surface area contributed by atoms with Crippen molar-refractivity contribution in [2.75, 3.05) is 20.3 Å². The van der Waals surface area contributed by atoms with Gasteiger partial charge in [-0.05, 0) is 44.0 Å². The van der Waals surface area contributed by atoms with Gasteiger partial charge in [0, 0.05) is 6.61 Å². The molecule has 21 heavy (non-hydrogen) atoms. The highest BCUT2D eigenvalue weighted by Crippen LogP contribution is 2.30. The SMILES string of the molecule is CCCNC(c1ccc(Cl)c(OC)c1)C(CCC)OCC.